The van der Waals surface area contributed by atoms with Gasteiger partial charge in [-0.05, 0) is 45.1 Å². The summed E-state index contributed by atoms with van der Waals surface area (Å²) >= 11 is 0. The summed E-state index contributed by atoms with van der Waals surface area (Å²) in [7, 11) is 2.04. The highest BCUT2D eigenvalue weighted by Gasteiger charge is 2.28. The van der Waals surface area contributed by atoms with Crippen LogP contribution >= 0.6 is 0 Å². The van der Waals surface area contributed by atoms with Gasteiger partial charge in [-0.3, -0.25) is 4.79 Å². The van der Waals surface area contributed by atoms with Crippen molar-refractivity contribution < 1.29 is 13.6 Å². The summed E-state index contributed by atoms with van der Waals surface area (Å²) in [6.07, 6.45) is 2.90. The average Bonchev–Trinajstić information content (AvgIpc) is 2.61. The Labute approximate surface area is 146 Å². The normalized spacial score (nSPS) is 16.0. The van der Waals surface area contributed by atoms with Crippen molar-refractivity contribution in [2.75, 3.05) is 20.1 Å². The molecule has 3 rings (SSSR count). The van der Waals surface area contributed by atoms with Crippen LogP contribution in [-0.4, -0.2) is 46.9 Å². The van der Waals surface area contributed by atoms with Crippen molar-refractivity contribution >= 4 is 5.91 Å². The summed E-state index contributed by atoms with van der Waals surface area (Å²) in [5, 5.41) is 0. The lowest BCUT2D eigenvalue weighted by molar-refractivity contribution is 0.0566. The second-order valence-corrected chi connectivity index (χ2v) is 6.43. The van der Waals surface area contributed by atoms with E-state index in [9.17, 15) is 13.6 Å². The third-order valence-corrected chi connectivity index (χ3v) is 4.66. The van der Waals surface area contributed by atoms with Gasteiger partial charge < -0.3 is 9.80 Å². The Hall–Kier alpha value is -2.34. The number of amides is 1. The SMILES string of the molecule is CN1CCC(N(Cc2ccccc2F)C(=O)c2ccnc(F)c2)CC1. The molecule has 1 fully saturated rings. The number of carbonyl (C=O) groups is 1. The number of benzene rings is 1. The molecule has 25 heavy (non-hydrogen) atoms. The van der Waals surface area contributed by atoms with Gasteiger partial charge in [0.1, 0.15) is 5.82 Å². The molecule has 0 saturated carbocycles. The molecule has 0 bridgehead atoms. The maximum atomic E-state index is 14.1. The highest BCUT2D eigenvalue weighted by atomic mass is 19.1. The van der Waals surface area contributed by atoms with Crippen LogP contribution in [0, 0.1) is 11.8 Å². The largest absolute Gasteiger partial charge is 0.331 e. The molecular formula is C19H21F2N3O. The van der Waals surface area contributed by atoms with E-state index in [1.807, 2.05) is 7.05 Å². The van der Waals surface area contributed by atoms with E-state index in [1.165, 1.54) is 18.3 Å². The molecule has 1 aliphatic heterocycles. The highest BCUT2D eigenvalue weighted by Crippen LogP contribution is 2.22. The van der Waals surface area contributed by atoms with Crippen molar-refractivity contribution in [3.63, 3.8) is 0 Å². The molecule has 0 spiro atoms. The van der Waals surface area contributed by atoms with Gasteiger partial charge in [0.05, 0.1) is 0 Å². The zero-order chi connectivity index (χ0) is 17.8. The molecule has 2 heterocycles. The van der Waals surface area contributed by atoms with Gasteiger partial charge in [-0.25, -0.2) is 9.37 Å². The number of rotatable bonds is 4. The molecular weight excluding hydrogens is 324 g/mol. The fraction of sp³-hybridized carbons (Fsp3) is 0.368. The summed E-state index contributed by atoms with van der Waals surface area (Å²) in [6.45, 7) is 1.91. The number of carbonyl (C=O) groups excluding carboxylic acids is 1. The number of hydrogen-bond donors (Lipinski definition) is 0. The van der Waals surface area contributed by atoms with Crippen molar-refractivity contribution in [1.82, 2.24) is 14.8 Å². The smallest absolute Gasteiger partial charge is 0.254 e. The van der Waals surface area contributed by atoms with Crippen LogP contribution in [-0.2, 0) is 6.54 Å². The number of piperidine rings is 1. The monoisotopic (exact) mass is 345 g/mol. The molecule has 1 aromatic carbocycles. The van der Waals surface area contributed by atoms with Gasteiger partial charge in [-0.15, -0.1) is 0 Å². The molecule has 1 aromatic heterocycles. The Bertz CT molecular complexity index is 745. The van der Waals surface area contributed by atoms with Crippen LogP contribution in [0.4, 0.5) is 8.78 Å². The summed E-state index contributed by atoms with van der Waals surface area (Å²) in [4.78, 5) is 20.4. The lowest BCUT2D eigenvalue weighted by atomic mass is 10.0. The Balaban J connectivity index is 1.88. The number of aromatic nitrogens is 1. The van der Waals surface area contributed by atoms with Crippen LogP contribution < -0.4 is 0 Å². The van der Waals surface area contributed by atoms with Crippen molar-refractivity contribution in [2.24, 2.45) is 0 Å². The van der Waals surface area contributed by atoms with E-state index in [0.29, 0.717) is 5.56 Å². The van der Waals surface area contributed by atoms with Gasteiger partial charge in [0.2, 0.25) is 5.95 Å². The van der Waals surface area contributed by atoms with Gasteiger partial charge in [0, 0.05) is 36.0 Å². The highest BCUT2D eigenvalue weighted by molar-refractivity contribution is 5.94. The third-order valence-electron chi connectivity index (χ3n) is 4.66. The van der Waals surface area contributed by atoms with Gasteiger partial charge in [-0.1, -0.05) is 18.2 Å². The first-order chi connectivity index (χ1) is 12.0. The van der Waals surface area contributed by atoms with Gasteiger partial charge in [-0.2, -0.15) is 4.39 Å². The van der Waals surface area contributed by atoms with Gasteiger partial charge in [0.25, 0.3) is 5.91 Å². The molecule has 6 heteroatoms. The standard InChI is InChI=1S/C19H21F2N3O/c1-23-10-7-16(8-11-23)24(13-15-4-2-3-5-17(15)20)19(25)14-6-9-22-18(21)12-14/h2-6,9,12,16H,7-8,10-11,13H2,1H3. The van der Waals surface area contributed by atoms with Crippen molar-refractivity contribution in [3.05, 3.63) is 65.5 Å². The molecule has 1 saturated heterocycles. The first-order valence-corrected chi connectivity index (χ1v) is 8.39. The Morgan fingerprint density at radius 3 is 2.64 bits per heavy atom. The molecule has 4 nitrogen and oxygen atoms in total. The lowest BCUT2D eigenvalue weighted by Crippen LogP contribution is -2.46. The van der Waals surface area contributed by atoms with Crippen molar-refractivity contribution in [3.8, 4) is 0 Å². The van der Waals surface area contributed by atoms with E-state index in [4.69, 9.17) is 0 Å². The van der Waals surface area contributed by atoms with Crippen molar-refractivity contribution in [1.29, 1.82) is 0 Å². The summed E-state index contributed by atoms with van der Waals surface area (Å²) in [5.74, 6) is -1.33. The Kier molecular flexibility index (Phi) is 5.38. The van der Waals surface area contributed by atoms with Crippen LogP contribution in [0.5, 0.6) is 0 Å². The minimum Gasteiger partial charge on any atom is -0.331 e. The lowest BCUT2D eigenvalue weighted by Gasteiger charge is -2.37. The predicted octanol–water partition coefficient (Wildman–Crippen LogP) is 3.10. The fourth-order valence-electron chi connectivity index (χ4n) is 3.18. The molecule has 1 amide bonds. The summed E-state index contributed by atoms with van der Waals surface area (Å²) < 4.78 is 27.5. The van der Waals surface area contributed by atoms with Crippen molar-refractivity contribution in [2.45, 2.75) is 25.4 Å². The minimum absolute atomic E-state index is 0.000433. The fourth-order valence-corrected chi connectivity index (χ4v) is 3.18. The molecule has 0 unspecified atom stereocenters. The van der Waals surface area contributed by atoms with Crippen LogP contribution in [0.3, 0.4) is 0 Å². The van der Waals surface area contributed by atoms with E-state index in [1.54, 1.807) is 23.1 Å². The molecule has 0 aliphatic carbocycles. The minimum atomic E-state index is -0.694. The van der Waals surface area contributed by atoms with E-state index < -0.39 is 5.95 Å². The van der Waals surface area contributed by atoms with E-state index in [2.05, 4.69) is 9.88 Å². The van der Waals surface area contributed by atoms with Gasteiger partial charge in [0.15, 0.2) is 0 Å². The first kappa shape index (κ1) is 17.5. The molecule has 0 atom stereocenters. The summed E-state index contributed by atoms with van der Waals surface area (Å²) in [5.41, 5.74) is 0.701. The zero-order valence-electron chi connectivity index (χ0n) is 14.2. The van der Waals surface area contributed by atoms with E-state index in [0.717, 1.165) is 32.0 Å². The third kappa shape index (κ3) is 4.20. The average molecular weight is 345 g/mol. The first-order valence-electron chi connectivity index (χ1n) is 8.39. The predicted molar refractivity (Wildman–Crippen MR) is 91.0 cm³/mol. The van der Waals surface area contributed by atoms with Crippen LogP contribution in [0.2, 0.25) is 0 Å². The number of pyridine rings is 1. The van der Waals surface area contributed by atoms with Crippen LogP contribution in [0.1, 0.15) is 28.8 Å². The topological polar surface area (TPSA) is 36.4 Å². The molecule has 1 aliphatic rings. The number of hydrogen-bond acceptors (Lipinski definition) is 3. The maximum Gasteiger partial charge on any atom is 0.254 e. The summed E-state index contributed by atoms with van der Waals surface area (Å²) in [6, 6.07) is 9.07. The molecule has 0 N–H and O–H groups in total. The maximum absolute atomic E-state index is 14.1. The second kappa shape index (κ2) is 7.70. The second-order valence-electron chi connectivity index (χ2n) is 6.43. The molecule has 2 aromatic rings. The van der Waals surface area contributed by atoms with E-state index >= 15 is 0 Å². The van der Waals surface area contributed by atoms with Crippen LogP contribution in [0.25, 0.3) is 0 Å². The zero-order valence-corrected chi connectivity index (χ0v) is 14.2. The Morgan fingerprint density at radius 2 is 1.96 bits per heavy atom. The molecule has 0 radical (unpaired) electrons. The number of nitrogens with zero attached hydrogens (tertiary/aromatic N) is 3. The molecule has 132 valence electrons. The quantitative estimate of drug-likeness (QED) is 0.799. The number of likely N-dealkylation sites (tertiary alicyclic amines) is 1. The van der Waals surface area contributed by atoms with E-state index in [-0.39, 0.29) is 29.9 Å². The van der Waals surface area contributed by atoms with Gasteiger partial charge >= 0.3 is 0 Å². The number of halogens is 2. The Morgan fingerprint density at radius 1 is 1.24 bits per heavy atom. The van der Waals surface area contributed by atoms with Crippen LogP contribution in [0.15, 0.2) is 42.6 Å².